The lowest BCUT2D eigenvalue weighted by atomic mass is 9.90. The van der Waals surface area contributed by atoms with Gasteiger partial charge in [-0.3, -0.25) is 28.9 Å². The van der Waals surface area contributed by atoms with E-state index < -0.39 is 101 Å². The van der Waals surface area contributed by atoms with Gasteiger partial charge in [0.15, 0.2) is 5.78 Å². The zero-order valence-corrected chi connectivity index (χ0v) is 50.3. The van der Waals surface area contributed by atoms with Crippen molar-refractivity contribution in [3.8, 4) is 0 Å². The summed E-state index contributed by atoms with van der Waals surface area (Å²) in [5.74, 6) is -3.79. The second kappa shape index (κ2) is 26.2. The highest BCUT2D eigenvalue weighted by Crippen LogP contribution is 2.46. The molecule has 3 heterocycles. The smallest absolute Gasteiger partial charge is 0.410 e. The molecule has 2 aliphatic heterocycles. The van der Waals surface area contributed by atoms with Crippen LogP contribution in [0.4, 0.5) is 18.4 Å². The topological polar surface area (TPSA) is 206 Å². The molecule has 1 aliphatic carbocycles. The second-order valence-corrected chi connectivity index (χ2v) is 24.3. The number of carbonyl (C=O) groups is 7. The summed E-state index contributed by atoms with van der Waals surface area (Å²) in [5, 5.41) is 3.60. The Kier molecular flexibility index (Phi) is 20.6. The molecule has 2 N–H and O–H groups in total. The molecule has 0 radical (unpaired) electrons. The van der Waals surface area contributed by atoms with Crippen LogP contribution in [0.15, 0.2) is 36.4 Å². The van der Waals surface area contributed by atoms with Crippen LogP contribution in [-0.4, -0.2) is 167 Å². The molecule has 0 saturated carbocycles. The second-order valence-electron chi connectivity index (χ2n) is 24.3. The number of nitrogens with zero attached hydrogens (tertiary/aromatic N) is 4. The van der Waals surface area contributed by atoms with Crippen LogP contribution in [-0.2, 0) is 60.5 Å². The van der Waals surface area contributed by atoms with E-state index >= 15 is 13.6 Å². The predicted octanol–water partition coefficient (Wildman–Crippen LogP) is 9.04. The Balaban J connectivity index is 1.32. The lowest BCUT2D eigenvalue weighted by molar-refractivity contribution is -0.150. The Morgan fingerprint density at radius 1 is 0.778 bits per heavy atom. The van der Waals surface area contributed by atoms with Crippen molar-refractivity contribution in [3.63, 3.8) is 0 Å². The summed E-state index contributed by atoms with van der Waals surface area (Å²) < 4.78 is 58.7. The minimum atomic E-state index is -1.24. The fourth-order valence-electron chi connectivity index (χ4n) is 11.4. The standard InChI is InChI=1S/C61H86F2N6O12/c1-33-24-26-68(56(73)45(36(4)77-15)32-51(71)34(2)66(13)58(75)80-60(7,8)9)49(33)19-17-18-44-43-23-21-41(63)30-48(43)64-54(44)47-29-39-28-40(62)20-22-42(39)46(47)31-50-52(79-38(6)70)25-27-69(50)57(74)53(37(5)78-16)65-55(72)35(3)67(14)59(76)81-61(10,11)12/h20-23,28,30,33-37,45,49-50,52-53,64H,17-19,24-27,29,31-32H2,1-16H3,(H,65,72)/t33-,34-,35-,36+,37+,45-,49+,50+,52-,53-/m0/s1. The summed E-state index contributed by atoms with van der Waals surface area (Å²) in [4.78, 5) is 105. The first-order valence-corrected chi connectivity index (χ1v) is 28.3. The van der Waals surface area contributed by atoms with E-state index in [1.54, 1.807) is 79.3 Å². The first-order chi connectivity index (χ1) is 37.9. The summed E-state index contributed by atoms with van der Waals surface area (Å²) >= 11 is 0. The lowest BCUT2D eigenvalue weighted by Crippen LogP contribution is -2.59. The van der Waals surface area contributed by atoms with E-state index in [-0.39, 0.29) is 55.9 Å². The average molecular weight is 1130 g/mol. The predicted molar refractivity (Wildman–Crippen MR) is 303 cm³/mol. The van der Waals surface area contributed by atoms with Gasteiger partial charge >= 0.3 is 18.2 Å². The maximum absolute atomic E-state index is 15.2. The number of esters is 1. The fraction of sp³-hybridized carbons (Fsp3) is 0.623. The average Bonchev–Trinajstić information content (AvgIpc) is 4.34. The molecule has 6 rings (SSSR count). The molecule has 0 spiro atoms. The third-order valence-corrected chi connectivity index (χ3v) is 16.3. The third-order valence-electron chi connectivity index (χ3n) is 16.3. The number of aromatic amines is 1. The van der Waals surface area contributed by atoms with Gasteiger partial charge in [0.05, 0.1) is 30.2 Å². The highest BCUT2D eigenvalue weighted by Gasteiger charge is 2.46. The zero-order chi connectivity index (χ0) is 60.2. The van der Waals surface area contributed by atoms with Crippen molar-refractivity contribution >= 4 is 63.7 Å². The molecule has 20 heteroatoms. The Hall–Kier alpha value is -6.41. The van der Waals surface area contributed by atoms with Crippen molar-refractivity contribution in [1.82, 2.24) is 29.9 Å². The van der Waals surface area contributed by atoms with E-state index in [0.717, 1.165) is 39.0 Å². The van der Waals surface area contributed by atoms with Gasteiger partial charge in [-0.05, 0) is 165 Å². The van der Waals surface area contributed by atoms with Gasteiger partial charge < -0.3 is 48.7 Å². The maximum atomic E-state index is 15.2. The molecule has 81 heavy (non-hydrogen) atoms. The number of rotatable bonds is 21. The van der Waals surface area contributed by atoms with Crippen LogP contribution >= 0.6 is 0 Å². The number of amides is 5. The van der Waals surface area contributed by atoms with Crippen LogP contribution in [0, 0.1) is 23.5 Å². The number of methoxy groups -OCH3 is 2. The van der Waals surface area contributed by atoms with Gasteiger partial charge in [0.1, 0.15) is 41.0 Å². The first kappa shape index (κ1) is 63.8. The summed E-state index contributed by atoms with van der Waals surface area (Å²) in [5.41, 5.74) is 3.51. The molecule has 2 saturated heterocycles. The van der Waals surface area contributed by atoms with Crippen LogP contribution < -0.4 is 5.32 Å². The Morgan fingerprint density at radius 3 is 1.96 bits per heavy atom. The number of H-pyrrole nitrogens is 1. The van der Waals surface area contributed by atoms with E-state index in [9.17, 15) is 28.8 Å². The van der Waals surface area contributed by atoms with Crippen molar-refractivity contribution in [1.29, 1.82) is 0 Å². The summed E-state index contributed by atoms with van der Waals surface area (Å²) in [6, 6.07) is 5.00. The van der Waals surface area contributed by atoms with E-state index in [1.807, 2.05) is 4.90 Å². The molecular weight excluding hydrogens is 1050 g/mol. The van der Waals surface area contributed by atoms with Crippen LogP contribution in [0.3, 0.4) is 0 Å². The van der Waals surface area contributed by atoms with Crippen LogP contribution in [0.2, 0.25) is 0 Å². The molecule has 1 aromatic heterocycles. The number of ether oxygens (including phenoxy) is 5. The minimum absolute atomic E-state index is 0.120. The molecule has 3 aliphatic rings. The molecule has 0 bridgehead atoms. The summed E-state index contributed by atoms with van der Waals surface area (Å²) in [6.45, 7) is 21.0. The van der Waals surface area contributed by atoms with E-state index in [4.69, 9.17) is 23.7 Å². The quantitative estimate of drug-likeness (QED) is 0.0757. The SMILES string of the molecule is CO[C@H](C)[C@H](CC(=O)[C@H](C)N(C)C(=O)OC(C)(C)C)C(=O)N1CC[C@H](C)[C@H]1CCCc1c(C2=C(C[C@@H]3[C@@H](OC(C)=O)CCN3C(=O)[C@@H](NC(=O)[C@H](C)N(C)C(=O)OC(C)(C)C)[C@@H](C)OC)c3ccc(F)cc3C2)[nH]c2cc(F)ccc12. The van der Waals surface area contributed by atoms with Crippen molar-refractivity contribution in [3.05, 3.63) is 70.4 Å². The van der Waals surface area contributed by atoms with Crippen LogP contribution in [0.25, 0.3) is 22.0 Å². The Morgan fingerprint density at radius 2 is 1.36 bits per heavy atom. The molecule has 10 atom stereocenters. The minimum Gasteiger partial charge on any atom is -0.460 e. The van der Waals surface area contributed by atoms with E-state index in [0.29, 0.717) is 42.6 Å². The van der Waals surface area contributed by atoms with Gasteiger partial charge in [-0.15, -0.1) is 0 Å². The van der Waals surface area contributed by atoms with Gasteiger partial charge in [-0.2, -0.15) is 0 Å². The van der Waals surface area contributed by atoms with Crippen molar-refractivity contribution < 1.29 is 66.0 Å². The van der Waals surface area contributed by atoms with E-state index in [1.165, 1.54) is 71.3 Å². The normalized spacial score (nSPS) is 20.5. The summed E-state index contributed by atoms with van der Waals surface area (Å²) in [7, 11) is 5.85. The number of ketones is 1. The number of aromatic nitrogens is 1. The van der Waals surface area contributed by atoms with Gasteiger partial charge in [0.25, 0.3) is 0 Å². The number of hydrogen-bond donors (Lipinski definition) is 2. The third kappa shape index (κ3) is 15.2. The monoisotopic (exact) mass is 1130 g/mol. The van der Waals surface area contributed by atoms with Crippen molar-refractivity contribution in [2.75, 3.05) is 41.4 Å². The number of likely N-dealkylation sites (tertiary alicyclic amines) is 2. The molecule has 0 unspecified atom stereocenters. The molecule has 2 fully saturated rings. The van der Waals surface area contributed by atoms with Crippen LogP contribution in [0.1, 0.15) is 144 Å². The number of Topliss-reactive ketones (excluding diaryl/α,β-unsaturated/α-hetero) is 1. The number of halogens is 2. The number of likely N-dealkylation sites (N-methyl/N-ethyl adjacent to an activating group) is 2. The van der Waals surface area contributed by atoms with Gasteiger partial charge in [-0.1, -0.05) is 13.0 Å². The molecule has 5 amide bonds. The number of allylic oxidation sites excluding steroid dienone is 1. The van der Waals surface area contributed by atoms with Gasteiger partial charge in [-0.25, -0.2) is 18.4 Å². The molecule has 18 nitrogen and oxygen atoms in total. The molecule has 3 aromatic rings. The lowest BCUT2D eigenvalue weighted by Gasteiger charge is -2.34. The fourth-order valence-corrected chi connectivity index (χ4v) is 11.4. The Bertz CT molecular complexity index is 2860. The van der Waals surface area contributed by atoms with Crippen molar-refractivity contribution in [2.24, 2.45) is 11.8 Å². The largest absolute Gasteiger partial charge is 0.460 e. The molecule has 2 aromatic carbocycles. The highest BCUT2D eigenvalue weighted by molar-refractivity contribution is 6.01. The Labute approximate surface area is 475 Å². The first-order valence-electron chi connectivity index (χ1n) is 28.3. The number of benzene rings is 2. The van der Waals surface area contributed by atoms with Crippen LogP contribution in [0.5, 0.6) is 0 Å². The number of aryl methyl sites for hydroxylation is 1. The number of carbonyl (C=O) groups excluding carboxylic acids is 7. The van der Waals surface area contributed by atoms with E-state index in [2.05, 4.69) is 17.2 Å². The molecular formula is C61H86F2N6O12. The number of fused-ring (bicyclic) bond motifs is 2. The van der Waals surface area contributed by atoms with Gasteiger partial charge in [0.2, 0.25) is 17.7 Å². The molecule has 446 valence electrons. The zero-order valence-electron chi connectivity index (χ0n) is 50.3. The highest BCUT2D eigenvalue weighted by atomic mass is 19.1. The maximum Gasteiger partial charge on any atom is 0.410 e. The van der Waals surface area contributed by atoms with Gasteiger partial charge in [0, 0.05) is 90.2 Å². The number of nitrogens with one attached hydrogen (secondary N) is 2. The van der Waals surface area contributed by atoms with Crippen molar-refractivity contribution in [2.45, 2.75) is 194 Å². The summed E-state index contributed by atoms with van der Waals surface area (Å²) in [6.07, 6.45) is -0.655. The number of hydrogen-bond acceptors (Lipinski definition) is 12.